The van der Waals surface area contributed by atoms with Crippen LogP contribution in [0, 0.1) is 10.8 Å². The van der Waals surface area contributed by atoms with Crippen molar-refractivity contribution in [3.63, 3.8) is 0 Å². The van der Waals surface area contributed by atoms with Crippen LogP contribution in [0.5, 0.6) is 17.2 Å². The highest BCUT2D eigenvalue weighted by molar-refractivity contribution is 5.73. The lowest BCUT2D eigenvalue weighted by Crippen LogP contribution is -2.23. The maximum absolute atomic E-state index is 11.2. The van der Waals surface area contributed by atoms with E-state index < -0.39 is 28.5 Å². The fourth-order valence-corrected chi connectivity index (χ4v) is 3.48. The van der Waals surface area contributed by atoms with E-state index in [9.17, 15) is 24.9 Å². The first kappa shape index (κ1) is 26.6. The summed E-state index contributed by atoms with van der Waals surface area (Å²) in [6, 6.07) is 1.72. The van der Waals surface area contributed by atoms with E-state index in [2.05, 4.69) is 0 Å². The standard InChI is InChI=1S/C24H38O7/c1-23(2,21(28)29)13-9-5-7-11-16-15-17(19(26)20(27)18(16)25)12-8-6-10-14-24(3,4)22(30)31/h15,25-27H,5-14H2,1-4H3,(H,28,29)(H,30,31). The number of carboxylic acid groups (broad SMARTS) is 2. The molecule has 0 bridgehead atoms. The van der Waals surface area contributed by atoms with E-state index in [0.717, 1.165) is 38.5 Å². The van der Waals surface area contributed by atoms with E-state index in [4.69, 9.17) is 10.2 Å². The van der Waals surface area contributed by atoms with Gasteiger partial charge in [-0.2, -0.15) is 0 Å². The molecular formula is C24H38O7. The Hall–Kier alpha value is -2.44. The average molecular weight is 439 g/mol. The molecule has 31 heavy (non-hydrogen) atoms. The summed E-state index contributed by atoms with van der Waals surface area (Å²) < 4.78 is 0. The summed E-state index contributed by atoms with van der Waals surface area (Å²) in [5.41, 5.74) is -0.387. The number of rotatable bonds is 14. The van der Waals surface area contributed by atoms with E-state index in [1.54, 1.807) is 33.8 Å². The summed E-state index contributed by atoms with van der Waals surface area (Å²) in [5, 5.41) is 48.7. The number of carboxylic acids is 2. The quantitative estimate of drug-likeness (QED) is 0.198. The number of phenols is 3. The Morgan fingerprint density at radius 3 is 1.32 bits per heavy atom. The second-order valence-electron chi connectivity index (χ2n) is 9.74. The van der Waals surface area contributed by atoms with Gasteiger partial charge in [0.05, 0.1) is 10.8 Å². The monoisotopic (exact) mass is 438 g/mol. The topological polar surface area (TPSA) is 135 Å². The van der Waals surface area contributed by atoms with Crippen LogP contribution in [0.25, 0.3) is 0 Å². The van der Waals surface area contributed by atoms with Gasteiger partial charge in [0, 0.05) is 0 Å². The first-order valence-corrected chi connectivity index (χ1v) is 11.0. The van der Waals surface area contributed by atoms with Crippen LogP contribution >= 0.6 is 0 Å². The normalized spacial score (nSPS) is 12.1. The molecule has 0 fully saturated rings. The Morgan fingerprint density at radius 1 is 0.645 bits per heavy atom. The second kappa shape index (κ2) is 11.3. The first-order valence-electron chi connectivity index (χ1n) is 11.0. The van der Waals surface area contributed by atoms with Crippen molar-refractivity contribution in [1.29, 1.82) is 0 Å². The number of hydrogen-bond acceptors (Lipinski definition) is 5. The van der Waals surface area contributed by atoms with Crippen LogP contribution in [-0.4, -0.2) is 37.5 Å². The zero-order valence-electron chi connectivity index (χ0n) is 19.2. The van der Waals surface area contributed by atoms with Crippen molar-refractivity contribution in [1.82, 2.24) is 0 Å². The molecule has 0 aliphatic carbocycles. The Bertz CT molecular complexity index is 705. The molecule has 5 N–H and O–H groups in total. The zero-order valence-corrected chi connectivity index (χ0v) is 19.2. The number of benzene rings is 1. The van der Waals surface area contributed by atoms with E-state index in [1.807, 2.05) is 0 Å². The van der Waals surface area contributed by atoms with E-state index in [0.29, 0.717) is 36.8 Å². The Kier molecular flexibility index (Phi) is 9.66. The number of aromatic hydroxyl groups is 3. The van der Waals surface area contributed by atoms with Gasteiger partial charge < -0.3 is 25.5 Å². The third-order valence-electron chi connectivity index (χ3n) is 6.06. The lowest BCUT2D eigenvalue weighted by molar-refractivity contribution is -0.148. The minimum absolute atomic E-state index is 0.310. The molecule has 1 aromatic carbocycles. The van der Waals surface area contributed by atoms with Crippen molar-refractivity contribution < 1.29 is 35.1 Å². The van der Waals surface area contributed by atoms with Crippen LogP contribution in [0.3, 0.4) is 0 Å². The van der Waals surface area contributed by atoms with Gasteiger partial charge in [0.25, 0.3) is 0 Å². The molecule has 0 aliphatic rings. The van der Waals surface area contributed by atoms with E-state index >= 15 is 0 Å². The number of unbranched alkanes of at least 4 members (excludes halogenated alkanes) is 4. The van der Waals surface area contributed by atoms with Crippen LogP contribution in [0.2, 0.25) is 0 Å². The van der Waals surface area contributed by atoms with E-state index in [1.165, 1.54) is 0 Å². The summed E-state index contributed by atoms with van der Waals surface area (Å²) in [4.78, 5) is 22.3. The molecule has 1 rings (SSSR count). The van der Waals surface area contributed by atoms with Crippen molar-refractivity contribution in [2.75, 3.05) is 0 Å². The molecule has 0 saturated carbocycles. The highest BCUT2D eigenvalue weighted by Gasteiger charge is 2.27. The summed E-state index contributed by atoms with van der Waals surface area (Å²) in [6.45, 7) is 6.81. The minimum Gasteiger partial charge on any atom is -0.504 e. The molecule has 0 spiro atoms. The van der Waals surface area contributed by atoms with Crippen molar-refractivity contribution in [3.05, 3.63) is 17.2 Å². The number of carbonyl (C=O) groups is 2. The highest BCUT2D eigenvalue weighted by Crippen LogP contribution is 2.41. The van der Waals surface area contributed by atoms with Crippen molar-refractivity contribution >= 4 is 11.9 Å². The third kappa shape index (κ3) is 7.96. The fourth-order valence-electron chi connectivity index (χ4n) is 3.48. The molecule has 176 valence electrons. The van der Waals surface area contributed by atoms with Gasteiger partial charge in [-0.05, 0) is 83.4 Å². The molecule has 0 heterocycles. The molecule has 0 radical (unpaired) electrons. The van der Waals surface area contributed by atoms with Crippen molar-refractivity contribution in [2.24, 2.45) is 10.8 Å². The minimum atomic E-state index is -0.815. The maximum Gasteiger partial charge on any atom is 0.309 e. The van der Waals surface area contributed by atoms with E-state index in [-0.39, 0.29) is 11.5 Å². The SMILES string of the molecule is CC(C)(CCCCCc1cc(CCCCCC(C)(C)C(=O)O)c(O)c(O)c1O)C(=O)O. The van der Waals surface area contributed by atoms with Crippen LogP contribution < -0.4 is 0 Å². The predicted molar refractivity (Wildman–Crippen MR) is 119 cm³/mol. The lowest BCUT2D eigenvalue weighted by atomic mass is 9.86. The van der Waals surface area contributed by atoms with Gasteiger partial charge in [0.15, 0.2) is 11.5 Å². The smallest absolute Gasteiger partial charge is 0.309 e. The molecule has 0 aromatic heterocycles. The van der Waals surface area contributed by atoms with Crippen LogP contribution in [-0.2, 0) is 22.4 Å². The van der Waals surface area contributed by atoms with Crippen molar-refractivity contribution in [3.8, 4) is 17.2 Å². The predicted octanol–water partition coefficient (Wildman–Crippen LogP) is 5.23. The van der Waals surface area contributed by atoms with Gasteiger partial charge in [0.1, 0.15) is 0 Å². The number of aliphatic carboxylic acids is 2. The number of hydrogen-bond donors (Lipinski definition) is 5. The third-order valence-corrected chi connectivity index (χ3v) is 6.06. The highest BCUT2D eigenvalue weighted by atomic mass is 16.4. The molecular weight excluding hydrogens is 400 g/mol. The van der Waals surface area contributed by atoms with Crippen molar-refractivity contribution in [2.45, 2.75) is 91.9 Å². The molecule has 0 aliphatic heterocycles. The van der Waals surface area contributed by atoms with Gasteiger partial charge in [-0.15, -0.1) is 0 Å². The van der Waals surface area contributed by atoms with Crippen LogP contribution in [0.4, 0.5) is 0 Å². The number of phenolic OH excluding ortho intramolecular Hbond substituents is 3. The van der Waals surface area contributed by atoms with Crippen LogP contribution in [0.1, 0.15) is 90.2 Å². The molecule has 0 saturated heterocycles. The molecule has 1 aromatic rings. The fraction of sp³-hybridized carbons (Fsp3) is 0.667. The maximum atomic E-state index is 11.2. The van der Waals surface area contributed by atoms with Gasteiger partial charge in [0.2, 0.25) is 5.75 Å². The van der Waals surface area contributed by atoms with Gasteiger partial charge >= 0.3 is 11.9 Å². The zero-order chi connectivity index (χ0) is 23.8. The molecule has 0 unspecified atom stereocenters. The molecule has 0 atom stereocenters. The molecule has 7 heteroatoms. The summed E-state index contributed by atoms with van der Waals surface area (Å²) in [7, 11) is 0. The first-order chi connectivity index (χ1) is 14.3. The largest absolute Gasteiger partial charge is 0.504 e. The summed E-state index contributed by atoms with van der Waals surface area (Å²) in [6.07, 6.45) is 6.75. The Labute approximate surface area is 184 Å². The lowest BCUT2D eigenvalue weighted by Gasteiger charge is -2.19. The molecule has 0 amide bonds. The van der Waals surface area contributed by atoms with Crippen LogP contribution in [0.15, 0.2) is 6.07 Å². The Balaban J connectivity index is 2.58. The second-order valence-corrected chi connectivity index (χ2v) is 9.74. The molecule has 7 nitrogen and oxygen atoms in total. The Morgan fingerprint density at radius 2 is 1.00 bits per heavy atom. The van der Waals surface area contributed by atoms with Gasteiger partial charge in [-0.3, -0.25) is 9.59 Å². The van der Waals surface area contributed by atoms with Gasteiger partial charge in [-0.25, -0.2) is 0 Å². The number of aryl methyl sites for hydroxylation is 2. The average Bonchev–Trinajstić information content (AvgIpc) is 2.68. The summed E-state index contributed by atoms with van der Waals surface area (Å²) in [5.74, 6) is -2.76. The summed E-state index contributed by atoms with van der Waals surface area (Å²) >= 11 is 0. The van der Waals surface area contributed by atoms with Gasteiger partial charge in [-0.1, -0.05) is 25.7 Å².